The van der Waals surface area contributed by atoms with E-state index < -0.39 is 22.1 Å². The summed E-state index contributed by atoms with van der Waals surface area (Å²) in [6, 6.07) is 18.0. The molecule has 0 unspecified atom stereocenters. The van der Waals surface area contributed by atoms with E-state index in [1.165, 1.54) is 6.07 Å². The molecule has 0 saturated heterocycles. The van der Waals surface area contributed by atoms with Gasteiger partial charge in [-0.3, -0.25) is 19.3 Å². The number of nitrogens with zero attached hydrogens (tertiary/aromatic N) is 2. The van der Waals surface area contributed by atoms with Gasteiger partial charge >= 0.3 is 5.97 Å². The van der Waals surface area contributed by atoms with Crippen molar-refractivity contribution in [2.75, 3.05) is 6.54 Å². The largest absolute Gasteiger partial charge is 0.454 e. The number of carbonyl (C=O) groups is 2. The molecule has 8 nitrogen and oxygen atoms in total. The zero-order valence-electron chi connectivity index (χ0n) is 19.1. The molecule has 3 aromatic rings. The molecular formula is C25H25N3O5S. The number of amidine groups is 1. The molecule has 0 bridgehead atoms. The van der Waals surface area contributed by atoms with E-state index in [1.54, 1.807) is 31.2 Å². The predicted octanol–water partition coefficient (Wildman–Crippen LogP) is 3.34. The lowest BCUT2D eigenvalue weighted by Gasteiger charge is -2.13. The quantitative estimate of drug-likeness (QED) is 0.413. The van der Waals surface area contributed by atoms with Crippen molar-refractivity contribution in [3.05, 3.63) is 83.2 Å². The topological polar surface area (TPSA) is 107 Å². The highest BCUT2D eigenvalue weighted by Gasteiger charge is 2.30. The monoisotopic (exact) mass is 479 g/mol. The molecule has 1 aromatic heterocycles. The van der Waals surface area contributed by atoms with Gasteiger partial charge in [0.05, 0.1) is 17.9 Å². The van der Waals surface area contributed by atoms with Crippen LogP contribution in [0.1, 0.15) is 40.7 Å². The molecule has 176 valence electrons. The Hall–Kier alpha value is -3.72. The summed E-state index contributed by atoms with van der Waals surface area (Å²) in [5.41, 5.74) is 3.59. The SMILES string of the molecule is Cc1cc(C(=O)[C@H](C)OC(=O)CCN=C2NS(=O)(=O)c3ccccc32)c(C)n1-c1ccccc1. The van der Waals surface area contributed by atoms with E-state index >= 15 is 0 Å². The molecule has 1 aliphatic rings. The van der Waals surface area contributed by atoms with E-state index in [1.807, 2.05) is 48.7 Å². The Labute approximate surface area is 198 Å². The first-order valence-electron chi connectivity index (χ1n) is 10.8. The Morgan fingerprint density at radius 1 is 1.06 bits per heavy atom. The van der Waals surface area contributed by atoms with Gasteiger partial charge in [0.2, 0.25) is 5.78 Å². The van der Waals surface area contributed by atoms with Crippen molar-refractivity contribution in [2.45, 2.75) is 38.2 Å². The van der Waals surface area contributed by atoms with Gasteiger partial charge in [-0.05, 0) is 51.1 Å². The van der Waals surface area contributed by atoms with Gasteiger partial charge in [0.1, 0.15) is 5.84 Å². The number of rotatable bonds is 7. The Morgan fingerprint density at radius 3 is 2.47 bits per heavy atom. The minimum Gasteiger partial charge on any atom is -0.454 e. The summed E-state index contributed by atoms with van der Waals surface area (Å²) < 4.78 is 34.0. The van der Waals surface area contributed by atoms with Crippen molar-refractivity contribution in [3.63, 3.8) is 0 Å². The third kappa shape index (κ3) is 4.51. The van der Waals surface area contributed by atoms with Crippen molar-refractivity contribution in [1.82, 2.24) is 9.29 Å². The van der Waals surface area contributed by atoms with E-state index in [2.05, 4.69) is 9.71 Å². The second-order valence-electron chi connectivity index (χ2n) is 8.03. The van der Waals surface area contributed by atoms with Crippen LogP contribution >= 0.6 is 0 Å². The zero-order valence-corrected chi connectivity index (χ0v) is 19.9. The van der Waals surface area contributed by atoms with Gasteiger partial charge in [0.15, 0.2) is 6.10 Å². The van der Waals surface area contributed by atoms with Crippen LogP contribution in [-0.2, 0) is 19.6 Å². The molecule has 0 fully saturated rings. The molecule has 1 atom stereocenters. The van der Waals surface area contributed by atoms with E-state index in [9.17, 15) is 18.0 Å². The number of ketones is 1. The Balaban J connectivity index is 1.39. The number of Topliss-reactive ketones (excluding diaryl/α,β-unsaturated/α-hetero) is 1. The van der Waals surface area contributed by atoms with Crippen LogP contribution in [0.25, 0.3) is 5.69 Å². The summed E-state index contributed by atoms with van der Waals surface area (Å²) in [6.45, 7) is 5.34. The smallest absolute Gasteiger partial charge is 0.308 e. The molecule has 0 aliphatic carbocycles. The number of hydrogen-bond acceptors (Lipinski definition) is 6. The summed E-state index contributed by atoms with van der Waals surface area (Å²) in [6.07, 6.45) is -1.05. The maximum atomic E-state index is 13.0. The number of para-hydroxylation sites is 1. The standard InChI is InChI=1S/C25H25N3O5S/c1-16-15-21(17(2)28(16)19-9-5-4-6-10-19)24(30)18(3)33-23(29)13-14-26-25-20-11-7-8-12-22(20)34(31,32)27-25/h4-12,15,18H,13-14H2,1-3H3,(H,26,27)/t18-/m0/s1. The first-order chi connectivity index (χ1) is 16.2. The predicted molar refractivity (Wildman–Crippen MR) is 128 cm³/mol. The van der Waals surface area contributed by atoms with Gasteiger partial charge in [-0.2, -0.15) is 0 Å². The lowest BCUT2D eigenvalue weighted by Crippen LogP contribution is -2.25. The average molecular weight is 480 g/mol. The highest BCUT2D eigenvalue weighted by atomic mass is 32.2. The van der Waals surface area contributed by atoms with Crippen LogP contribution in [-0.4, -0.2) is 43.2 Å². The molecule has 2 heterocycles. The molecule has 9 heteroatoms. The first-order valence-corrected chi connectivity index (χ1v) is 12.3. The fourth-order valence-corrected chi connectivity index (χ4v) is 5.28. The number of fused-ring (bicyclic) bond motifs is 1. The van der Waals surface area contributed by atoms with E-state index in [-0.39, 0.29) is 29.5 Å². The molecule has 2 aromatic carbocycles. The van der Waals surface area contributed by atoms with Crippen LogP contribution in [0, 0.1) is 13.8 Å². The highest BCUT2D eigenvalue weighted by Crippen LogP contribution is 2.23. The van der Waals surface area contributed by atoms with E-state index in [0.29, 0.717) is 11.1 Å². The van der Waals surface area contributed by atoms with Crippen molar-refractivity contribution in [3.8, 4) is 5.69 Å². The number of benzene rings is 2. The lowest BCUT2D eigenvalue weighted by atomic mass is 10.1. The van der Waals surface area contributed by atoms with Crippen LogP contribution in [0.4, 0.5) is 0 Å². The fourth-order valence-electron chi connectivity index (χ4n) is 4.03. The van der Waals surface area contributed by atoms with Crippen molar-refractivity contribution in [2.24, 2.45) is 4.99 Å². The molecule has 0 saturated carbocycles. The van der Waals surface area contributed by atoms with Gasteiger partial charge in [0, 0.05) is 28.2 Å². The molecule has 0 radical (unpaired) electrons. The van der Waals surface area contributed by atoms with Crippen LogP contribution in [0.5, 0.6) is 0 Å². The molecule has 0 amide bonds. The maximum Gasteiger partial charge on any atom is 0.308 e. The number of ether oxygens (including phenoxy) is 1. The Morgan fingerprint density at radius 2 is 1.74 bits per heavy atom. The normalized spacial score (nSPS) is 16.0. The van der Waals surface area contributed by atoms with Gasteiger partial charge in [-0.1, -0.05) is 30.3 Å². The number of aryl methyl sites for hydroxylation is 1. The summed E-state index contributed by atoms with van der Waals surface area (Å²) in [5, 5.41) is 0. The molecular weight excluding hydrogens is 454 g/mol. The summed E-state index contributed by atoms with van der Waals surface area (Å²) in [4.78, 5) is 29.7. The van der Waals surface area contributed by atoms with Gasteiger partial charge < -0.3 is 9.30 Å². The number of nitrogens with one attached hydrogen (secondary N) is 1. The number of esters is 1. The molecule has 1 N–H and O–H groups in total. The number of hydrogen-bond donors (Lipinski definition) is 1. The summed E-state index contributed by atoms with van der Waals surface area (Å²) >= 11 is 0. The lowest BCUT2D eigenvalue weighted by molar-refractivity contribution is -0.146. The second kappa shape index (κ2) is 9.26. The average Bonchev–Trinajstić information content (AvgIpc) is 3.25. The third-order valence-corrected chi connectivity index (χ3v) is 7.03. The van der Waals surface area contributed by atoms with Crippen molar-refractivity contribution < 1.29 is 22.7 Å². The molecule has 0 spiro atoms. The van der Waals surface area contributed by atoms with Gasteiger partial charge in [0.25, 0.3) is 10.0 Å². The fraction of sp³-hybridized carbons (Fsp3) is 0.240. The number of carbonyl (C=O) groups excluding carboxylic acids is 2. The maximum absolute atomic E-state index is 13.0. The third-order valence-electron chi connectivity index (χ3n) is 5.64. The molecule has 4 rings (SSSR count). The number of sulfonamides is 1. The van der Waals surface area contributed by atoms with Crippen LogP contribution in [0.3, 0.4) is 0 Å². The Bertz CT molecular complexity index is 1390. The Kier molecular flexibility index (Phi) is 6.39. The van der Waals surface area contributed by atoms with Crippen LogP contribution in [0.2, 0.25) is 0 Å². The first kappa shape index (κ1) is 23.4. The van der Waals surface area contributed by atoms with Crippen molar-refractivity contribution in [1.29, 1.82) is 0 Å². The van der Waals surface area contributed by atoms with E-state index in [0.717, 1.165) is 17.1 Å². The van der Waals surface area contributed by atoms with Gasteiger partial charge in [-0.25, -0.2) is 8.42 Å². The van der Waals surface area contributed by atoms with Crippen LogP contribution in [0.15, 0.2) is 70.6 Å². The minimum atomic E-state index is -3.64. The van der Waals surface area contributed by atoms with E-state index in [4.69, 9.17) is 4.74 Å². The minimum absolute atomic E-state index is 0.0223. The van der Waals surface area contributed by atoms with Gasteiger partial charge in [-0.15, -0.1) is 0 Å². The zero-order chi connectivity index (χ0) is 24.5. The summed E-state index contributed by atoms with van der Waals surface area (Å²) in [7, 11) is -3.64. The van der Waals surface area contributed by atoms with Crippen LogP contribution < -0.4 is 4.72 Å². The number of aromatic nitrogens is 1. The highest BCUT2D eigenvalue weighted by molar-refractivity contribution is 7.90. The molecule has 34 heavy (non-hydrogen) atoms. The molecule has 1 aliphatic heterocycles. The van der Waals surface area contributed by atoms with Crippen molar-refractivity contribution >= 4 is 27.6 Å². The second-order valence-corrected chi connectivity index (χ2v) is 9.68. The number of aliphatic imine (C=N–C) groups is 1. The summed E-state index contributed by atoms with van der Waals surface area (Å²) in [5.74, 6) is -0.676.